The molecule has 0 bridgehead atoms. The quantitative estimate of drug-likeness (QED) is 0.612. The topological polar surface area (TPSA) is 66.0 Å². The van der Waals surface area contributed by atoms with Gasteiger partial charge >= 0.3 is 6.18 Å². The van der Waals surface area contributed by atoms with Gasteiger partial charge < -0.3 is 10.6 Å². The van der Waals surface area contributed by atoms with E-state index in [0.717, 1.165) is 5.69 Å². The highest BCUT2D eigenvalue weighted by atomic mass is 19.4. The molecule has 0 saturated carbocycles. The van der Waals surface area contributed by atoms with Gasteiger partial charge in [-0.25, -0.2) is 0 Å². The Morgan fingerprint density at radius 1 is 1.47 bits per heavy atom. The third-order valence-corrected chi connectivity index (χ3v) is 2.74. The lowest BCUT2D eigenvalue weighted by molar-refractivity contribution is -0.159. The summed E-state index contributed by atoms with van der Waals surface area (Å²) in [5, 5.41) is 7.02. The number of pyridine rings is 1. The predicted octanol–water partition coefficient (Wildman–Crippen LogP) is 1.67. The van der Waals surface area contributed by atoms with E-state index in [9.17, 15) is 13.2 Å². The second-order valence-corrected chi connectivity index (χ2v) is 4.38. The smallest absolute Gasteiger partial charge is 0.387 e. The first-order valence-corrected chi connectivity index (χ1v) is 5.79. The van der Waals surface area contributed by atoms with Crippen LogP contribution in [0.4, 0.5) is 13.2 Å². The maximum Gasteiger partial charge on any atom is 0.399 e. The second-order valence-electron chi connectivity index (χ2n) is 4.38. The zero-order chi connectivity index (χ0) is 14.5. The fourth-order valence-electron chi connectivity index (χ4n) is 1.63. The zero-order valence-corrected chi connectivity index (χ0v) is 10.6. The molecular formula is C12H17F3N4. The first-order valence-electron chi connectivity index (χ1n) is 5.79. The van der Waals surface area contributed by atoms with Crippen molar-refractivity contribution < 1.29 is 13.2 Å². The molecule has 3 N–H and O–H groups in total. The molecule has 19 heavy (non-hydrogen) atoms. The minimum Gasteiger partial charge on any atom is -0.387 e. The Bertz CT molecular complexity index is 405. The Balaban J connectivity index is 2.50. The van der Waals surface area contributed by atoms with Crippen LogP contribution in [0.25, 0.3) is 0 Å². The molecular weight excluding hydrogens is 257 g/mol. The zero-order valence-electron chi connectivity index (χ0n) is 10.6. The maximum atomic E-state index is 12.6. The summed E-state index contributed by atoms with van der Waals surface area (Å²) in [6, 6.07) is 5.43. The summed E-state index contributed by atoms with van der Waals surface area (Å²) in [7, 11) is 1.57. The van der Waals surface area contributed by atoms with Crippen molar-refractivity contribution >= 4 is 5.84 Å². The van der Waals surface area contributed by atoms with Crippen molar-refractivity contribution in [2.24, 2.45) is 11.7 Å². The molecule has 1 aromatic heterocycles. The Morgan fingerprint density at radius 2 is 2.16 bits per heavy atom. The molecule has 0 radical (unpaired) electrons. The van der Waals surface area contributed by atoms with Gasteiger partial charge in [-0.3, -0.25) is 10.4 Å². The third kappa shape index (κ3) is 5.25. The highest BCUT2D eigenvalue weighted by Crippen LogP contribution is 2.26. The fraction of sp³-hybridized carbons (Fsp3) is 0.500. The van der Waals surface area contributed by atoms with Crippen molar-refractivity contribution in [3.8, 4) is 0 Å². The van der Waals surface area contributed by atoms with Crippen molar-refractivity contribution in [1.82, 2.24) is 9.88 Å². The van der Waals surface area contributed by atoms with Gasteiger partial charge in [0.05, 0.1) is 0 Å². The molecule has 1 rings (SSSR count). The number of rotatable bonds is 6. The fourth-order valence-corrected chi connectivity index (χ4v) is 1.63. The summed E-state index contributed by atoms with van der Waals surface area (Å²) < 4.78 is 37.9. The van der Waals surface area contributed by atoms with Crippen molar-refractivity contribution in [3.63, 3.8) is 0 Å². The summed E-state index contributed by atoms with van der Waals surface area (Å²) in [6.45, 7) is 0.114. The van der Waals surface area contributed by atoms with Gasteiger partial charge in [0.1, 0.15) is 11.8 Å². The van der Waals surface area contributed by atoms with Gasteiger partial charge in [0.15, 0.2) is 0 Å². The van der Waals surface area contributed by atoms with Gasteiger partial charge in [-0.1, -0.05) is 6.07 Å². The number of hydrogen-bond donors (Lipinski definition) is 2. The summed E-state index contributed by atoms with van der Waals surface area (Å²) in [4.78, 5) is 5.61. The monoisotopic (exact) mass is 274 g/mol. The third-order valence-electron chi connectivity index (χ3n) is 2.74. The van der Waals surface area contributed by atoms with Crippen molar-refractivity contribution in [2.45, 2.75) is 12.6 Å². The van der Waals surface area contributed by atoms with E-state index in [1.54, 1.807) is 19.3 Å². The van der Waals surface area contributed by atoms with E-state index >= 15 is 0 Å². The number of aromatic nitrogens is 1. The molecule has 0 aliphatic carbocycles. The van der Waals surface area contributed by atoms with Crippen LogP contribution in [0.3, 0.4) is 0 Å². The Labute approximate surface area is 109 Å². The van der Waals surface area contributed by atoms with Crippen LogP contribution >= 0.6 is 0 Å². The lowest BCUT2D eigenvalue weighted by atomic mass is 10.1. The Hall–Kier alpha value is -1.63. The molecule has 4 nitrogen and oxygen atoms in total. The van der Waals surface area contributed by atoms with E-state index in [2.05, 4.69) is 4.98 Å². The van der Waals surface area contributed by atoms with Crippen LogP contribution in [-0.4, -0.2) is 42.0 Å². The number of nitrogens with two attached hydrogens (primary N) is 1. The molecule has 1 unspecified atom stereocenters. The van der Waals surface area contributed by atoms with E-state index in [1.165, 1.54) is 4.90 Å². The minimum absolute atomic E-state index is 0.314. The summed E-state index contributed by atoms with van der Waals surface area (Å²) >= 11 is 0. The van der Waals surface area contributed by atoms with Crippen molar-refractivity contribution in [2.75, 3.05) is 20.1 Å². The molecule has 0 aromatic carbocycles. The van der Waals surface area contributed by atoms with Gasteiger partial charge in [-0.15, -0.1) is 0 Å². The average molecular weight is 274 g/mol. The van der Waals surface area contributed by atoms with Crippen LogP contribution in [0.2, 0.25) is 0 Å². The van der Waals surface area contributed by atoms with Gasteiger partial charge in [-0.2, -0.15) is 13.2 Å². The normalized spacial score (nSPS) is 13.5. The van der Waals surface area contributed by atoms with Crippen LogP contribution in [0, 0.1) is 11.3 Å². The first-order chi connectivity index (χ1) is 8.80. The molecule has 1 heterocycles. The molecule has 0 aliphatic rings. The lowest BCUT2D eigenvalue weighted by Crippen LogP contribution is -2.43. The van der Waals surface area contributed by atoms with Crippen LogP contribution in [0.15, 0.2) is 24.4 Å². The number of alkyl halides is 3. The number of amidine groups is 1. The average Bonchev–Trinajstić information content (AvgIpc) is 2.33. The van der Waals surface area contributed by atoms with Gasteiger partial charge in [-0.05, 0) is 19.2 Å². The van der Waals surface area contributed by atoms with E-state index in [4.69, 9.17) is 11.1 Å². The van der Waals surface area contributed by atoms with Gasteiger partial charge in [0, 0.05) is 31.4 Å². The summed E-state index contributed by atoms with van der Waals surface area (Å²) in [5.41, 5.74) is 5.82. The van der Waals surface area contributed by atoms with Crippen LogP contribution in [0.5, 0.6) is 0 Å². The molecule has 7 heteroatoms. The summed E-state index contributed by atoms with van der Waals surface area (Å²) in [5.74, 6) is -2.77. The van der Waals surface area contributed by atoms with E-state index in [0.29, 0.717) is 13.0 Å². The molecule has 0 spiro atoms. The molecule has 106 valence electrons. The van der Waals surface area contributed by atoms with Crippen LogP contribution < -0.4 is 5.73 Å². The second kappa shape index (κ2) is 6.51. The number of halogens is 3. The molecule has 1 atom stereocenters. The Morgan fingerprint density at radius 3 is 2.63 bits per heavy atom. The van der Waals surface area contributed by atoms with Crippen LogP contribution in [-0.2, 0) is 6.42 Å². The highest BCUT2D eigenvalue weighted by molar-refractivity contribution is 5.80. The van der Waals surface area contributed by atoms with E-state index in [-0.39, 0.29) is 6.54 Å². The standard InChI is InChI=1S/C12H17F3N4/c1-19(7-5-9-4-2-3-6-18-9)8-10(11(16)17)12(13,14)15/h2-4,6,10H,5,7-8H2,1H3,(H3,16,17). The predicted molar refractivity (Wildman–Crippen MR) is 66.9 cm³/mol. The number of nitrogens with zero attached hydrogens (tertiary/aromatic N) is 2. The largest absolute Gasteiger partial charge is 0.399 e. The minimum atomic E-state index is -4.48. The molecule has 1 aromatic rings. The van der Waals surface area contributed by atoms with Crippen LogP contribution in [0.1, 0.15) is 5.69 Å². The van der Waals surface area contributed by atoms with Crippen molar-refractivity contribution in [1.29, 1.82) is 5.41 Å². The highest BCUT2D eigenvalue weighted by Gasteiger charge is 2.42. The number of hydrogen-bond acceptors (Lipinski definition) is 3. The molecule has 0 amide bonds. The number of nitrogens with one attached hydrogen (secondary N) is 1. The SMILES string of the molecule is CN(CCc1ccccn1)CC(C(=N)N)C(F)(F)F. The maximum absolute atomic E-state index is 12.6. The van der Waals surface area contributed by atoms with Gasteiger partial charge in [0.2, 0.25) is 0 Å². The molecule has 0 fully saturated rings. The Kier molecular flexibility index (Phi) is 5.29. The van der Waals surface area contributed by atoms with Gasteiger partial charge in [0.25, 0.3) is 0 Å². The molecule has 0 aliphatic heterocycles. The van der Waals surface area contributed by atoms with E-state index in [1.807, 2.05) is 12.1 Å². The van der Waals surface area contributed by atoms with E-state index < -0.39 is 17.9 Å². The first kappa shape index (κ1) is 15.4. The van der Waals surface area contributed by atoms with Crippen molar-refractivity contribution in [3.05, 3.63) is 30.1 Å². The lowest BCUT2D eigenvalue weighted by Gasteiger charge is -2.24. The summed E-state index contributed by atoms with van der Waals surface area (Å²) in [6.07, 6.45) is -2.28. The number of likely N-dealkylation sites (N-methyl/N-ethyl adjacent to an activating group) is 1. The molecule has 0 saturated heterocycles.